The molecule has 1 heterocycles. The first kappa shape index (κ1) is 12.9. The molecule has 98 valence electrons. The van der Waals surface area contributed by atoms with Gasteiger partial charge in [-0.3, -0.25) is 10.1 Å². The maximum Gasteiger partial charge on any atom is 0.323 e. The molecule has 0 aliphatic carbocycles. The molecule has 1 aliphatic rings. The van der Waals surface area contributed by atoms with Gasteiger partial charge in [0.05, 0.1) is 12.2 Å². The molecule has 0 bridgehead atoms. The van der Waals surface area contributed by atoms with Crippen LogP contribution in [0.1, 0.15) is 18.6 Å². The van der Waals surface area contributed by atoms with Crippen LogP contribution in [0.2, 0.25) is 0 Å². The molecule has 2 rings (SSSR count). The lowest BCUT2D eigenvalue weighted by molar-refractivity contribution is -0.149. The van der Waals surface area contributed by atoms with Gasteiger partial charge in [0.2, 0.25) is 0 Å². The number of rotatable bonds is 2. The molecule has 2 N–H and O–H groups in total. The molecule has 18 heavy (non-hydrogen) atoms. The topological polar surface area (TPSA) is 58.6 Å². The number of hydrogen-bond donors (Lipinski definition) is 2. The van der Waals surface area contributed by atoms with Crippen molar-refractivity contribution in [3.63, 3.8) is 0 Å². The lowest BCUT2D eigenvalue weighted by atomic mass is 10.0. The minimum absolute atomic E-state index is 0.0955. The Morgan fingerprint density at radius 1 is 1.50 bits per heavy atom. The van der Waals surface area contributed by atoms with E-state index < -0.39 is 35.9 Å². The van der Waals surface area contributed by atoms with Crippen molar-refractivity contribution in [3.05, 3.63) is 35.4 Å². The summed E-state index contributed by atoms with van der Waals surface area (Å²) in [4.78, 5) is 10.9. The second-order valence-electron chi connectivity index (χ2n) is 4.20. The average molecular weight is 257 g/mol. The van der Waals surface area contributed by atoms with Crippen LogP contribution in [0.4, 0.5) is 8.78 Å². The zero-order valence-electron chi connectivity index (χ0n) is 9.69. The van der Waals surface area contributed by atoms with Crippen LogP contribution in [0.5, 0.6) is 0 Å². The first-order valence-corrected chi connectivity index (χ1v) is 5.56. The highest BCUT2D eigenvalue weighted by molar-refractivity contribution is 5.74. The highest BCUT2D eigenvalue weighted by Gasteiger charge is 2.34. The smallest absolute Gasteiger partial charge is 0.323 e. The van der Waals surface area contributed by atoms with Gasteiger partial charge in [0, 0.05) is 12.1 Å². The normalized spacial score (nSPS) is 28.1. The van der Waals surface area contributed by atoms with Gasteiger partial charge in [-0.2, -0.15) is 0 Å². The van der Waals surface area contributed by atoms with E-state index in [0.717, 1.165) is 6.07 Å². The number of benzene rings is 1. The summed E-state index contributed by atoms with van der Waals surface area (Å²) < 4.78 is 32.1. The molecule has 1 aliphatic heterocycles. The fraction of sp³-hybridized carbons (Fsp3) is 0.417. The van der Waals surface area contributed by atoms with Crippen molar-refractivity contribution >= 4 is 5.97 Å². The number of ether oxygens (including phenoxy) is 1. The quantitative estimate of drug-likeness (QED) is 0.842. The summed E-state index contributed by atoms with van der Waals surface area (Å²) in [5, 5.41) is 11.6. The monoisotopic (exact) mass is 257 g/mol. The Kier molecular flexibility index (Phi) is 3.58. The van der Waals surface area contributed by atoms with Crippen LogP contribution in [0.25, 0.3) is 0 Å². The number of halogens is 2. The maximum atomic E-state index is 13.6. The van der Waals surface area contributed by atoms with Crippen molar-refractivity contribution in [1.82, 2.24) is 5.32 Å². The predicted molar refractivity (Wildman–Crippen MR) is 59.1 cm³/mol. The second kappa shape index (κ2) is 4.99. The molecular formula is C12H13F2NO3. The molecule has 3 atom stereocenters. The van der Waals surface area contributed by atoms with Gasteiger partial charge >= 0.3 is 5.97 Å². The van der Waals surface area contributed by atoms with E-state index in [0.29, 0.717) is 0 Å². The van der Waals surface area contributed by atoms with Gasteiger partial charge in [0.15, 0.2) is 11.6 Å². The molecule has 1 saturated heterocycles. The van der Waals surface area contributed by atoms with E-state index in [4.69, 9.17) is 9.84 Å². The van der Waals surface area contributed by atoms with Crippen LogP contribution in [0.15, 0.2) is 18.2 Å². The van der Waals surface area contributed by atoms with Crippen LogP contribution in [0.3, 0.4) is 0 Å². The SMILES string of the molecule is CC1OC(c2cccc(F)c2F)CNC1C(=O)O. The van der Waals surface area contributed by atoms with E-state index in [2.05, 4.69) is 5.32 Å². The number of hydrogen-bond acceptors (Lipinski definition) is 3. The van der Waals surface area contributed by atoms with Gasteiger partial charge < -0.3 is 9.84 Å². The molecule has 1 aromatic rings. The van der Waals surface area contributed by atoms with E-state index in [1.54, 1.807) is 6.92 Å². The molecule has 0 saturated carbocycles. The van der Waals surface area contributed by atoms with Crippen molar-refractivity contribution < 1.29 is 23.4 Å². The van der Waals surface area contributed by atoms with Crippen LogP contribution in [0, 0.1) is 11.6 Å². The molecule has 1 fully saturated rings. The number of carboxylic acids is 1. The summed E-state index contributed by atoms with van der Waals surface area (Å²) in [6, 6.07) is 3.01. The zero-order chi connectivity index (χ0) is 13.3. The van der Waals surface area contributed by atoms with Crippen LogP contribution in [-0.4, -0.2) is 29.8 Å². The predicted octanol–water partition coefficient (Wildman–Crippen LogP) is 1.47. The summed E-state index contributed by atoms with van der Waals surface area (Å²) in [5.41, 5.74) is 0.0955. The van der Waals surface area contributed by atoms with Gasteiger partial charge in [-0.05, 0) is 13.0 Å². The Hall–Kier alpha value is -1.53. The van der Waals surface area contributed by atoms with Gasteiger partial charge in [0.25, 0.3) is 0 Å². The molecule has 0 spiro atoms. The van der Waals surface area contributed by atoms with Gasteiger partial charge in [0.1, 0.15) is 6.04 Å². The summed E-state index contributed by atoms with van der Waals surface area (Å²) in [5.74, 6) is -2.92. The van der Waals surface area contributed by atoms with Crippen molar-refractivity contribution in [3.8, 4) is 0 Å². The minimum atomic E-state index is -1.03. The number of morpholine rings is 1. The summed E-state index contributed by atoms with van der Waals surface area (Å²) in [6.07, 6.45) is -1.31. The van der Waals surface area contributed by atoms with Crippen LogP contribution < -0.4 is 5.32 Å². The number of aliphatic carboxylic acids is 1. The lowest BCUT2D eigenvalue weighted by Crippen LogP contribution is -2.52. The van der Waals surface area contributed by atoms with Crippen molar-refractivity contribution in [2.75, 3.05) is 6.54 Å². The molecule has 3 unspecified atom stereocenters. The molecule has 6 heteroatoms. The first-order valence-electron chi connectivity index (χ1n) is 5.56. The second-order valence-corrected chi connectivity index (χ2v) is 4.20. The highest BCUT2D eigenvalue weighted by atomic mass is 19.2. The fourth-order valence-corrected chi connectivity index (χ4v) is 2.03. The average Bonchev–Trinajstić information content (AvgIpc) is 2.32. The van der Waals surface area contributed by atoms with Gasteiger partial charge in [-0.1, -0.05) is 12.1 Å². The standard InChI is InChI=1S/C12H13F2NO3/c1-6-11(12(16)17)15-5-9(18-6)7-3-2-4-8(13)10(7)14/h2-4,6,9,11,15H,5H2,1H3,(H,16,17). The summed E-state index contributed by atoms with van der Waals surface area (Å²) in [6.45, 7) is 1.71. The lowest BCUT2D eigenvalue weighted by Gasteiger charge is -2.33. The summed E-state index contributed by atoms with van der Waals surface area (Å²) >= 11 is 0. The Morgan fingerprint density at radius 3 is 2.83 bits per heavy atom. The molecule has 0 aromatic heterocycles. The third-order valence-corrected chi connectivity index (χ3v) is 2.97. The Morgan fingerprint density at radius 2 is 2.22 bits per heavy atom. The molecule has 1 aromatic carbocycles. The van der Waals surface area contributed by atoms with Crippen molar-refractivity contribution in [1.29, 1.82) is 0 Å². The Balaban J connectivity index is 2.17. The fourth-order valence-electron chi connectivity index (χ4n) is 2.03. The van der Waals surface area contributed by atoms with Crippen LogP contribution >= 0.6 is 0 Å². The number of carbonyl (C=O) groups is 1. The molecular weight excluding hydrogens is 244 g/mol. The van der Waals surface area contributed by atoms with Crippen molar-refractivity contribution in [2.24, 2.45) is 0 Å². The molecule has 0 amide bonds. The Labute approximate surface area is 103 Å². The third kappa shape index (κ3) is 2.34. The summed E-state index contributed by atoms with van der Waals surface area (Å²) in [7, 11) is 0. The van der Waals surface area contributed by atoms with Gasteiger partial charge in [-0.15, -0.1) is 0 Å². The highest BCUT2D eigenvalue weighted by Crippen LogP contribution is 2.26. The van der Waals surface area contributed by atoms with Crippen molar-refractivity contribution in [2.45, 2.75) is 25.2 Å². The largest absolute Gasteiger partial charge is 0.480 e. The third-order valence-electron chi connectivity index (χ3n) is 2.97. The van der Waals surface area contributed by atoms with E-state index in [1.807, 2.05) is 0 Å². The Bertz CT molecular complexity index is 467. The molecule has 4 nitrogen and oxygen atoms in total. The number of nitrogens with one attached hydrogen (secondary N) is 1. The molecule has 0 radical (unpaired) electrons. The first-order chi connectivity index (χ1) is 8.50. The van der Waals surface area contributed by atoms with Gasteiger partial charge in [-0.25, -0.2) is 8.78 Å². The van der Waals surface area contributed by atoms with E-state index in [9.17, 15) is 13.6 Å². The van der Waals surface area contributed by atoms with E-state index in [1.165, 1.54) is 12.1 Å². The van der Waals surface area contributed by atoms with E-state index >= 15 is 0 Å². The van der Waals surface area contributed by atoms with Crippen LogP contribution in [-0.2, 0) is 9.53 Å². The number of carboxylic acid groups (broad SMARTS) is 1. The maximum absolute atomic E-state index is 13.6. The zero-order valence-corrected chi connectivity index (χ0v) is 9.69. The van der Waals surface area contributed by atoms with E-state index in [-0.39, 0.29) is 12.1 Å². The minimum Gasteiger partial charge on any atom is -0.480 e.